The zero-order valence-electron chi connectivity index (χ0n) is 14.9. The molecule has 0 saturated carbocycles. The third-order valence-electron chi connectivity index (χ3n) is 4.07. The molecule has 1 unspecified atom stereocenters. The lowest BCUT2D eigenvalue weighted by atomic mass is 10.0. The molecule has 0 aliphatic carbocycles. The number of aryl methyl sites for hydroxylation is 2. The summed E-state index contributed by atoms with van der Waals surface area (Å²) in [4.78, 5) is 37.2. The van der Waals surface area contributed by atoms with E-state index in [-0.39, 0.29) is 18.0 Å². The second kappa shape index (κ2) is 7.48. The Labute approximate surface area is 146 Å². The van der Waals surface area contributed by atoms with Crippen molar-refractivity contribution in [3.63, 3.8) is 0 Å². The maximum atomic E-state index is 12.7. The first-order chi connectivity index (χ1) is 11.7. The number of ether oxygens (including phenoxy) is 1. The number of hydrogen-bond donors (Lipinski definition) is 2. The summed E-state index contributed by atoms with van der Waals surface area (Å²) in [6.07, 6.45) is -0.137. The van der Waals surface area contributed by atoms with Gasteiger partial charge in [0, 0.05) is 12.5 Å². The number of benzene rings is 1. The number of carbonyl (C=O) groups is 3. The van der Waals surface area contributed by atoms with Crippen molar-refractivity contribution in [2.75, 3.05) is 6.54 Å². The highest BCUT2D eigenvalue weighted by atomic mass is 16.5. The van der Waals surface area contributed by atoms with Crippen molar-refractivity contribution >= 4 is 23.5 Å². The normalized spacial score (nSPS) is 17.9. The molecule has 1 saturated heterocycles. The van der Waals surface area contributed by atoms with Crippen LogP contribution in [0.5, 0.6) is 0 Å². The van der Waals surface area contributed by atoms with Crippen LogP contribution < -0.4 is 11.1 Å². The number of nitrogens with two attached hydrogens (primary N) is 1. The van der Waals surface area contributed by atoms with Gasteiger partial charge in [-0.05, 0) is 37.5 Å². The molecule has 1 aliphatic rings. The van der Waals surface area contributed by atoms with Crippen LogP contribution in [0.15, 0.2) is 23.9 Å². The summed E-state index contributed by atoms with van der Waals surface area (Å²) in [6.45, 7) is 6.68. The van der Waals surface area contributed by atoms with Gasteiger partial charge in [-0.3, -0.25) is 25.0 Å². The van der Waals surface area contributed by atoms with E-state index in [0.29, 0.717) is 12.0 Å². The van der Waals surface area contributed by atoms with Gasteiger partial charge in [0.05, 0.1) is 0 Å². The lowest BCUT2D eigenvalue weighted by molar-refractivity contribution is -0.147. The first kappa shape index (κ1) is 18.7. The smallest absolute Gasteiger partial charge is 0.281 e. The zero-order valence-corrected chi connectivity index (χ0v) is 14.9. The van der Waals surface area contributed by atoms with Crippen molar-refractivity contribution in [2.45, 2.75) is 40.3 Å². The van der Waals surface area contributed by atoms with Gasteiger partial charge in [0.15, 0.2) is 11.5 Å². The van der Waals surface area contributed by atoms with Crippen molar-refractivity contribution in [3.05, 3.63) is 40.6 Å². The summed E-state index contributed by atoms with van der Waals surface area (Å²) in [5.74, 6) is -1.40. The molecule has 1 fully saturated rings. The molecule has 25 heavy (non-hydrogen) atoms. The number of amides is 3. The van der Waals surface area contributed by atoms with E-state index in [9.17, 15) is 14.4 Å². The van der Waals surface area contributed by atoms with Gasteiger partial charge in [-0.15, -0.1) is 0 Å². The van der Waals surface area contributed by atoms with Gasteiger partial charge in [-0.1, -0.05) is 19.1 Å². The van der Waals surface area contributed by atoms with E-state index in [1.54, 1.807) is 6.07 Å². The molecule has 0 bridgehead atoms. The van der Waals surface area contributed by atoms with Crippen LogP contribution in [-0.2, 0) is 19.1 Å². The van der Waals surface area contributed by atoms with Crippen LogP contribution in [0.2, 0.25) is 0 Å². The third kappa shape index (κ3) is 4.06. The second-order valence-electron chi connectivity index (χ2n) is 6.03. The van der Waals surface area contributed by atoms with Crippen LogP contribution in [0, 0.1) is 13.8 Å². The Hall–Kier alpha value is -2.67. The van der Waals surface area contributed by atoms with Crippen LogP contribution >= 0.6 is 0 Å². The Bertz CT molecular complexity index is 755. The van der Waals surface area contributed by atoms with Crippen LogP contribution in [0.3, 0.4) is 0 Å². The number of carbonyl (C=O) groups excluding carboxylic acids is 3. The quantitative estimate of drug-likeness (QED) is 0.485. The first-order valence-corrected chi connectivity index (χ1v) is 8.11. The molecule has 2 rings (SSSR count). The maximum absolute atomic E-state index is 12.7. The summed E-state index contributed by atoms with van der Waals surface area (Å²) in [5.41, 5.74) is 8.52. The van der Waals surface area contributed by atoms with Crippen LogP contribution in [0.4, 0.5) is 0 Å². The second-order valence-corrected chi connectivity index (χ2v) is 6.03. The van der Waals surface area contributed by atoms with Crippen molar-refractivity contribution in [1.82, 2.24) is 10.2 Å². The average Bonchev–Trinajstić information content (AvgIpc) is 2.56. The fourth-order valence-electron chi connectivity index (χ4n) is 2.38. The van der Waals surface area contributed by atoms with Crippen molar-refractivity contribution in [1.29, 1.82) is 0 Å². The van der Waals surface area contributed by atoms with Gasteiger partial charge in [0.25, 0.3) is 5.91 Å². The molecular weight excluding hydrogens is 322 g/mol. The number of nitrogens with zero attached hydrogens (tertiary/aromatic N) is 1. The van der Waals surface area contributed by atoms with E-state index in [0.717, 1.165) is 16.0 Å². The Morgan fingerprint density at radius 3 is 2.56 bits per heavy atom. The standard InChI is InChI=1S/C18H23N3O4/c1-5-14(19)25-17(13-7-6-10(2)11(3)8-13)16-18(24)21(12(4)22)9-15(23)20-16/h6-8,14H,5,9,19H2,1-4H3,(H,20,23)/b17-16-. The van der Waals surface area contributed by atoms with Crippen LogP contribution in [0.1, 0.15) is 37.0 Å². The van der Waals surface area contributed by atoms with E-state index in [4.69, 9.17) is 10.5 Å². The van der Waals surface area contributed by atoms with Gasteiger partial charge in [-0.25, -0.2) is 0 Å². The topological polar surface area (TPSA) is 102 Å². The Balaban J connectivity index is 2.60. The molecule has 3 amide bonds. The largest absolute Gasteiger partial charge is 0.473 e. The van der Waals surface area contributed by atoms with Gasteiger partial charge in [0.1, 0.15) is 12.8 Å². The van der Waals surface area contributed by atoms with Crippen molar-refractivity contribution in [2.24, 2.45) is 5.73 Å². The number of piperazine rings is 1. The van der Waals surface area contributed by atoms with E-state index in [2.05, 4.69) is 5.32 Å². The van der Waals surface area contributed by atoms with E-state index < -0.39 is 23.9 Å². The summed E-state index contributed by atoms with van der Waals surface area (Å²) < 4.78 is 5.75. The van der Waals surface area contributed by atoms with E-state index >= 15 is 0 Å². The molecule has 1 aromatic carbocycles. The molecule has 1 aromatic rings. The van der Waals surface area contributed by atoms with Gasteiger partial charge < -0.3 is 10.1 Å². The highest BCUT2D eigenvalue weighted by molar-refractivity contribution is 6.13. The molecule has 0 spiro atoms. The van der Waals surface area contributed by atoms with Crippen molar-refractivity contribution in [3.8, 4) is 0 Å². The molecule has 0 radical (unpaired) electrons. The lowest BCUT2D eigenvalue weighted by Crippen LogP contribution is -2.52. The molecule has 7 heteroatoms. The van der Waals surface area contributed by atoms with Gasteiger partial charge >= 0.3 is 0 Å². The monoisotopic (exact) mass is 345 g/mol. The molecule has 1 heterocycles. The van der Waals surface area contributed by atoms with Crippen LogP contribution in [-0.4, -0.2) is 35.4 Å². The van der Waals surface area contributed by atoms with Gasteiger partial charge in [0.2, 0.25) is 11.8 Å². The molecule has 1 aliphatic heterocycles. The molecule has 134 valence electrons. The Kier molecular flexibility index (Phi) is 5.58. The fourth-order valence-corrected chi connectivity index (χ4v) is 2.38. The zero-order chi connectivity index (χ0) is 18.7. The Morgan fingerprint density at radius 2 is 2.00 bits per heavy atom. The molecule has 1 atom stereocenters. The van der Waals surface area contributed by atoms with Gasteiger partial charge in [-0.2, -0.15) is 0 Å². The maximum Gasteiger partial charge on any atom is 0.281 e. The summed E-state index contributed by atoms with van der Waals surface area (Å²) in [7, 11) is 0. The molecule has 7 nitrogen and oxygen atoms in total. The minimum absolute atomic E-state index is 0.0707. The average molecular weight is 345 g/mol. The lowest BCUT2D eigenvalue weighted by Gasteiger charge is -2.28. The SMILES string of the molecule is CCC(N)O/C(=C1\NC(=O)CN(C(C)=O)C1=O)c1ccc(C)c(C)c1. The predicted octanol–water partition coefficient (Wildman–Crippen LogP) is 1.19. The number of nitrogens with one attached hydrogen (secondary N) is 1. The number of rotatable bonds is 4. The van der Waals surface area contributed by atoms with E-state index in [1.165, 1.54) is 6.92 Å². The summed E-state index contributed by atoms with van der Waals surface area (Å²) in [6, 6.07) is 5.54. The summed E-state index contributed by atoms with van der Waals surface area (Å²) in [5, 5.41) is 2.53. The highest BCUT2D eigenvalue weighted by Gasteiger charge is 2.34. The summed E-state index contributed by atoms with van der Waals surface area (Å²) >= 11 is 0. The number of imide groups is 1. The minimum Gasteiger partial charge on any atom is -0.473 e. The number of hydrogen-bond acceptors (Lipinski definition) is 5. The highest BCUT2D eigenvalue weighted by Crippen LogP contribution is 2.25. The van der Waals surface area contributed by atoms with Crippen molar-refractivity contribution < 1.29 is 19.1 Å². The predicted molar refractivity (Wildman–Crippen MR) is 92.7 cm³/mol. The minimum atomic E-state index is -0.651. The molecular formula is C18H23N3O4. The van der Waals surface area contributed by atoms with Crippen LogP contribution in [0.25, 0.3) is 5.76 Å². The third-order valence-corrected chi connectivity index (χ3v) is 4.07. The van der Waals surface area contributed by atoms with E-state index in [1.807, 2.05) is 32.9 Å². The molecule has 3 N–H and O–H groups in total. The Morgan fingerprint density at radius 1 is 1.32 bits per heavy atom. The fraction of sp³-hybridized carbons (Fsp3) is 0.389. The first-order valence-electron chi connectivity index (χ1n) is 8.11. The molecule has 0 aromatic heterocycles.